The average molecular weight is 806 g/mol. The van der Waals surface area contributed by atoms with E-state index in [0.29, 0.717) is 30.4 Å². The summed E-state index contributed by atoms with van der Waals surface area (Å²) in [6.45, 7) is 4.92. The van der Waals surface area contributed by atoms with Crippen LogP contribution in [0.15, 0.2) is 95.9 Å². The standard InChI is InChI=1S/C39H39F3N8O3.BrH/c1-26(36(51)46-21-18-33(19-22-46)50(3,4)25-29-9-6-5-7-10-29)45-37(52)48-35(34-17-20-44-49(34)31-15-13-28(24-43)14-16-31)27(2)47(38(48)53)32-12-8-11-30(23-32)39(40,41)42;/h5-17,20,23,26,33H,18-19,21-22,25H2,1-4H3;1H. The van der Waals surface area contributed by atoms with Gasteiger partial charge in [0.1, 0.15) is 18.3 Å². The third kappa shape index (κ3) is 8.04. The minimum absolute atomic E-state index is 0. The lowest BCUT2D eigenvalue weighted by Crippen LogP contribution is -3.00. The predicted molar refractivity (Wildman–Crippen MR) is 192 cm³/mol. The molecule has 54 heavy (non-hydrogen) atoms. The molecule has 2 amide bonds. The zero-order valence-electron chi connectivity index (χ0n) is 30.2. The Labute approximate surface area is 321 Å². The van der Waals surface area contributed by atoms with Crippen LogP contribution in [0.1, 0.15) is 42.1 Å². The second-order valence-electron chi connectivity index (χ2n) is 13.9. The van der Waals surface area contributed by atoms with Gasteiger partial charge in [-0.15, -0.1) is 0 Å². The van der Waals surface area contributed by atoms with Gasteiger partial charge in [-0.3, -0.25) is 9.36 Å². The normalized spacial score (nSPS) is 14.2. The van der Waals surface area contributed by atoms with Gasteiger partial charge in [0.05, 0.1) is 66.3 Å². The fourth-order valence-electron chi connectivity index (χ4n) is 7.14. The molecular weight excluding hydrogens is 765 g/mol. The lowest BCUT2D eigenvalue weighted by atomic mass is 10.00. The summed E-state index contributed by atoms with van der Waals surface area (Å²) in [7, 11) is 4.38. The highest BCUT2D eigenvalue weighted by molar-refractivity contribution is 5.89. The first kappa shape index (κ1) is 39.7. The Bertz CT molecular complexity index is 2230. The number of piperidine rings is 1. The summed E-state index contributed by atoms with van der Waals surface area (Å²) in [6.07, 6.45) is -1.68. The number of quaternary nitrogens is 1. The van der Waals surface area contributed by atoms with Crippen LogP contribution in [0, 0.1) is 18.3 Å². The molecule has 11 nitrogen and oxygen atoms in total. The maximum Gasteiger partial charge on any atom is 0.416 e. The van der Waals surface area contributed by atoms with Crippen molar-refractivity contribution >= 4 is 11.9 Å². The van der Waals surface area contributed by atoms with Crippen LogP contribution in [0.4, 0.5) is 18.0 Å². The van der Waals surface area contributed by atoms with Crippen molar-refractivity contribution in [2.75, 3.05) is 27.2 Å². The zero-order chi connectivity index (χ0) is 38.1. The third-order valence-corrected chi connectivity index (χ3v) is 9.95. The number of aromatic nitrogens is 4. The van der Waals surface area contributed by atoms with Crippen molar-refractivity contribution in [2.24, 2.45) is 0 Å². The van der Waals surface area contributed by atoms with Gasteiger partial charge >= 0.3 is 17.9 Å². The predicted octanol–water partition coefficient (Wildman–Crippen LogP) is 2.91. The molecule has 1 fully saturated rings. The molecule has 5 aromatic rings. The van der Waals surface area contributed by atoms with Crippen molar-refractivity contribution in [2.45, 2.75) is 51.5 Å². The van der Waals surface area contributed by atoms with Gasteiger partial charge in [-0.05, 0) is 62.4 Å². The summed E-state index contributed by atoms with van der Waals surface area (Å²) in [5.41, 5.74) is 0.661. The zero-order valence-corrected chi connectivity index (χ0v) is 31.8. The van der Waals surface area contributed by atoms with Crippen LogP contribution < -0.4 is 28.0 Å². The van der Waals surface area contributed by atoms with Crippen LogP contribution in [0.25, 0.3) is 22.8 Å². The molecule has 1 N–H and O–H groups in total. The van der Waals surface area contributed by atoms with Crippen LogP contribution in [-0.2, 0) is 17.5 Å². The van der Waals surface area contributed by atoms with Crippen LogP contribution in [0.3, 0.4) is 0 Å². The van der Waals surface area contributed by atoms with Gasteiger partial charge in [-0.2, -0.15) is 23.5 Å². The third-order valence-electron chi connectivity index (χ3n) is 9.95. The number of nitrogens with zero attached hydrogens (tertiary/aromatic N) is 7. The van der Waals surface area contributed by atoms with Gasteiger partial charge in [-0.1, -0.05) is 36.4 Å². The first-order valence-corrected chi connectivity index (χ1v) is 17.2. The van der Waals surface area contributed by atoms with Crippen LogP contribution >= 0.6 is 0 Å². The molecule has 0 bridgehead atoms. The van der Waals surface area contributed by atoms with E-state index in [1.54, 1.807) is 42.2 Å². The minimum Gasteiger partial charge on any atom is -1.00 e. The number of halogens is 4. The van der Waals surface area contributed by atoms with Crippen LogP contribution in [-0.4, -0.2) is 79.5 Å². The number of hydrogen-bond donors (Lipinski definition) is 1. The summed E-state index contributed by atoms with van der Waals surface area (Å²) < 4.78 is 45.3. The van der Waals surface area contributed by atoms with E-state index in [-0.39, 0.29) is 45.7 Å². The number of imidazole rings is 1. The first-order chi connectivity index (χ1) is 25.2. The molecule has 1 saturated heterocycles. The van der Waals surface area contributed by atoms with E-state index in [4.69, 9.17) is 0 Å². The topological polar surface area (TPSA) is 118 Å². The Hall–Kier alpha value is -5.46. The van der Waals surface area contributed by atoms with E-state index >= 15 is 0 Å². The second-order valence-corrected chi connectivity index (χ2v) is 13.9. The van der Waals surface area contributed by atoms with Crippen LogP contribution in [0.2, 0.25) is 0 Å². The molecular formula is C39H40BrF3N8O3. The van der Waals surface area contributed by atoms with Crippen molar-refractivity contribution in [1.82, 2.24) is 29.1 Å². The molecule has 15 heteroatoms. The molecule has 0 radical (unpaired) electrons. The van der Waals surface area contributed by atoms with E-state index < -0.39 is 29.5 Å². The van der Waals surface area contributed by atoms with Gasteiger partial charge in [-0.25, -0.2) is 18.8 Å². The summed E-state index contributed by atoms with van der Waals surface area (Å²) in [4.78, 5) is 43.7. The number of benzene rings is 3. The number of rotatable bonds is 8. The molecule has 0 saturated carbocycles. The van der Waals surface area contributed by atoms with Crippen molar-refractivity contribution < 1.29 is 44.2 Å². The van der Waals surface area contributed by atoms with E-state index in [9.17, 15) is 32.8 Å². The molecule has 3 heterocycles. The lowest BCUT2D eigenvalue weighted by Gasteiger charge is -2.43. The molecule has 282 valence electrons. The Morgan fingerprint density at radius 2 is 1.65 bits per heavy atom. The highest BCUT2D eigenvalue weighted by Crippen LogP contribution is 2.32. The van der Waals surface area contributed by atoms with E-state index in [1.165, 1.54) is 35.5 Å². The Morgan fingerprint density at radius 3 is 2.28 bits per heavy atom. The molecule has 3 aromatic carbocycles. The van der Waals surface area contributed by atoms with E-state index in [2.05, 4.69) is 36.6 Å². The quantitative estimate of drug-likeness (QED) is 0.243. The molecule has 6 rings (SSSR count). The summed E-state index contributed by atoms with van der Waals surface area (Å²) in [5, 5.41) is 16.3. The van der Waals surface area contributed by atoms with Gasteiger partial charge in [0, 0.05) is 31.5 Å². The van der Waals surface area contributed by atoms with Crippen molar-refractivity contribution in [3.05, 3.63) is 124 Å². The summed E-state index contributed by atoms with van der Waals surface area (Å²) >= 11 is 0. The Balaban J connectivity index is 0.00000561. The molecule has 2 aromatic heterocycles. The van der Waals surface area contributed by atoms with Gasteiger partial charge in [0.15, 0.2) is 0 Å². The molecule has 1 aliphatic rings. The van der Waals surface area contributed by atoms with Crippen LogP contribution in [0.5, 0.6) is 0 Å². The fraction of sp³-hybridized carbons (Fsp3) is 0.308. The molecule has 1 atom stereocenters. The number of carbonyl (C=O) groups is 2. The number of nitrogens with one attached hydrogen (secondary N) is 1. The maximum absolute atomic E-state index is 14.2. The Kier molecular flexibility index (Phi) is 11.7. The highest BCUT2D eigenvalue weighted by atomic mass is 79.9. The highest BCUT2D eigenvalue weighted by Gasteiger charge is 2.36. The number of nitriles is 1. The lowest BCUT2D eigenvalue weighted by molar-refractivity contribution is -0.929. The van der Waals surface area contributed by atoms with Crippen molar-refractivity contribution in [1.29, 1.82) is 5.26 Å². The smallest absolute Gasteiger partial charge is 0.416 e. The summed E-state index contributed by atoms with van der Waals surface area (Å²) in [6, 6.07) is 23.0. The minimum atomic E-state index is -4.68. The number of carbonyl (C=O) groups excluding carboxylic acids is 2. The largest absolute Gasteiger partial charge is 1.00 e. The van der Waals surface area contributed by atoms with Crippen molar-refractivity contribution in [3.63, 3.8) is 0 Å². The van der Waals surface area contributed by atoms with Gasteiger partial charge < -0.3 is 31.7 Å². The Morgan fingerprint density at radius 1 is 0.981 bits per heavy atom. The number of amides is 2. The maximum atomic E-state index is 14.2. The second kappa shape index (κ2) is 15.9. The number of likely N-dealkylation sites (tertiary alicyclic amines) is 1. The monoisotopic (exact) mass is 804 g/mol. The summed E-state index contributed by atoms with van der Waals surface area (Å²) in [5.74, 6) is -0.309. The molecule has 0 aliphatic carbocycles. The number of hydrogen-bond acceptors (Lipinski definition) is 5. The van der Waals surface area contributed by atoms with Gasteiger partial charge in [0.2, 0.25) is 5.91 Å². The van der Waals surface area contributed by atoms with E-state index in [0.717, 1.165) is 45.1 Å². The van der Waals surface area contributed by atoms with Crippen molar-refractivity contribution in [3.8, 4) is 28.8 Å². The average Bonchev–Trinajstić information content (AvgIpc) is 3.72. The molecule has 1 unspecified atom stereocenters. The molecule has 0 spiro atoms. The number of alkyl halides is 3. The fourth-order valence-corrected chi connectivity index (χ4v) is 7.14. The SMILES string of the molecule is Cc1c(-c2ccnn2-c2ccc(C#N)cc2)n(C(=O)NC(C)C(=O)N2CCC([N+](C)(C)Cc3ccccc3)CC2)c(=O)n1-c1cccc(C(F)(F)F)c1.[Br-]. The van der Waals surface area contributed by atoms with E-state index in [1.807, 2.05) is 24.3 Å². The molecule has 1 aliphatic heterocycles. The van der Waals surface area contributed by atoms with Gasteiger partial charge in [0.25, 0.3) is 0 Å². The first-order valence-electron chi connectivity index (χ1n) is 17.2.